The first-order chi connectivity index (χ1) is 9.34. The highest BCUT2D eigenvalue weighted by atomic mass is 32.2. The first-order valence-electron chi connectivity index (χ1n) is 7.04. The Morgan fingerprint density at radius 3 is 2.50 bits per heavy atom. The first-order valence-corrected chi connectivity index (χ1v) is 8.43. The van der Waals surface area contributed by atoms with Gasteiger partial charge in [0.05, 0.1) is 0 Å². The third-order valence-electron chi connectivity index (χ3n) is 4.28. The number of likely N-dealkylation sites (N-methyl/N-ethyl adjacent to an activating group) is 1. The van der Waals surface area contributed by atoms with Crippen molar-refractivity contribution in [1.29, 1.82) is 0 Å². The molecule has 0 amide bonds. The molecular formula is C12H23N3O4S. The molecule has 0 aromatic rings. The molecule has 20 heavy (non-hydrogen) atoms. The van der Waals surface area contributed by atoms with Crippen LogP contribution in [0.4, 0.5) is 0 Å². The van der Waals surface area contributed by atoms with Crippen LogP contribution in [-0.4, -0.2) is 78.3 Å². The lowest BCUT2D eigenvalue weighted by Crippen LogP contribution is -2.59. The van der Waals surface area contributed by atoms with E-state index in [9.17, 15) is 18.3 Å². The van der Waals surface area contributed by atoms with Crippen molar-refractivity contribution in [2.24, 2.45) is 0 Å². The Morgan fingerprint density at radius 1 is 1.20 bits per heavy atom. The maximum absolute atomic E-state index is 12.7. The van der Waals surface area contributed by atoms with Crippen LogP contribution in [0, 0.1) is 0 Å². The number of carboxylic acids is 1. The van der Waals surface area contributed by atoms with E-state index < -0.39 is 22.2 Å². The second-order valence-electron chi connectivity index (χ2n) is 5.66. The number of piperazine rings is 1. The van der Waals surface area contributed by atoms with Crippen molar-refractivity contribution in [3.63, 3.8) is 0 Å². The van der Waals surface area contributed by atoms with E-state index >= 15 is 0 Å². The van der Waals surface area contributed by atoms with Gasteiger partial charge in [0.2, 0.25) is 0 Å². The van der Waals surface area contributed by atoms with Crippen molar-refractivity contribution in [3.8, 4) is 0 Å². The number of hydrogen-bond donors (Lipinski definition) is 1. The summed E-state index contributed by atoms with van der Waals surface area (Å²) in [6, 6.07) is -0.768. The predicted octanol–water partition coefficient (Wildman–Crippen LogP) is -0.194. The molecule has 0 radical (unpaired) electrons. The number of hydrogen-bond acceptors (Lipinski definition) is 4. The summed E-state index contributed by atoms with van der Waals surface area (Å²) >= 11 is 0. The molecule has 2 saturated heterocycles. The van der Waals surface area contributed by atoms with Crippen LogP contribution in [0.25, 0.3) is 0 Å². The van der Waals surface area contributed by atoms with E-state index in [0.717, 1.165) is 12.8 Å². The molecule has 2 atom stereocenters. The van der Waals surface area contributed by atoms with Gasteiger partial charge in [0.1, 0.15) is 6.04 Å². The van der Waals surface area contributed by atoms with Gasteiger partial charge in [0.25, 0.3) is 10.2 Å². The van der Waals surface area contributed by atoms with Crippen LogP contribution in [0.2, 0.25) is 0 Å². The Kier molecular flexibility index (Phi) is 4.68. The van der Waals surface area contributed by atoms with Crippen LogP contribution >= 0.6 is 0 Å². The third kappa shape index (κ3) is 2.98. The van der Waals surface area contributed by atoms with Crippen molar-refractivity contribution >= 4 is 16.2 Å². The lowest BCUT2D eigenvalue weighted by Gasteiger charge is -2.41. The highest BCUT2D eigenvalue weighted by Gasteiger charge is 2.41. The summed E-state index contributed by atoms with van der Waals surface area (Å²) in [7, 11) is -1.71. The van der Waals surface area contributed by atoms with Gasteiger partial charge >= 0.3 is 5.97 Å². The van der Waals surface area contributed by atoms with Gasteiger partial charge in [0.15, 0.2) is 0 Å². The van der Waals surface area contributed by atoms with E-state index in [1.807, 2.05) is 14.0 Å². The Balaban J connectivity index is 2.18. The molecule has 2 rings (SSSR count). The molecule has 116 valence electrons. The molecule has 7 nitrogen and oxygen atoms in total. The van der Waals surface area contributed by atoms with Crippen molar-refractivity contribution in [2.45, 2.75) is 38.3 Å². The third-order valence-corrected chi connectivity index (χ3v) is 6.30. The van der Waals surface area contributed by atoms with Crippen LogP contribution in [-0.2, 0) is 15.0 Å². The van der Waals surface area contributed by atoms with E-state index in [0.29, 0.717) is 32.6 Å². The van der Waals surface area contributed by atoms with Crippen molar-refractivity contribution in [2.75, 3.05) is 33.2 Å². The SMILES string of the molecule is CC1CN(S(=O)(=O)N2CCCCC2C(=O)O)CCN1C. The molecule has 0 saturated carbocycles. The highest BCUT2D eigenvalue weighted by Crippen LogP contribution is 2.24. The molecule has 2 aliphatic heterocycles. The average Bonchev–Trinajstić information content (AvgIpc) is 2.41. The van der Waals surface area contributed by atoms with E-state index in [-0.39, 0.29) is 6.04 Å². The summed E-state index contributed by atoms with van der Waals surface area (Å²) in [4.78, 5) is 13.4. The number of piperidine rings is 1. The van der Waals surface area contributed by atoms with Crippen LogP contribution < -0.4 is 0 Å². The van der Waals surface area contributed by atoms with Gasteiger partial charge in [-0.25, -0.2) is 0 Å². The second-order valence-corrected chi connectivity index (χ2v) is 7.54. The van der Waals surface area contributed by atoms with Gasteiger partial charge in [0, 0.05) is 32.2 Å². The standard InChI is InChI=1S/C12H23N3O4S/c1-10-9-14(8-7-13(10)2)20(18,19)15-6-4-3-5-11(15)12(16)17/h10-11H,3-9H2,1-2H3,(H,16,17). The van der Waals surface area contributed by atoms with Crippen LogP contribution in [0.15, 0.2) is 0 Å². The molecule has 0 spiro atoms. The highest BCUT2D eigenvalue weighted by molar-refractivity contribution is 7.86. The zero-order chi connectivity index (χ0) is 14.9. The maximum atomic E-state index is 12.7. The zero-order valence-corrected chi connectivity index (χ0v) is 12.8. The Bertz CT molecular complexity index is 467. The molecular weight excluding hydrogens is 282 g/mol. The monoisotopic (exact) mass is 305 g/mol. The van der Waals surface area contributed by atoms with Gasteiger partial charge in [-0.05, 0) is 33.2 Å². The van der Waals surface area contributed by atoms with E-state index in [1.165, 1.54) is 8.61 Å². The lowest BCUT2D eigenvalue weighted by molar-refractivity contribution is -0.142. The molecule has 0 aromatic carbocycles. The summed E-state index contributed by atoms with van der Waals surface area (Å²) in [6.45, 7) is 3.80. The van der Waals surface area contributed by atoms with Gasteiger partial charge in [-0.1, -0.05) is 0 Å². The van der Waals surface area contributed by atoms with Gasteiger partial charge in [-0.3, -0.25) is 4.79 Å². The second kappa shape index (κ2) is 5.97. The quantitative estimate of drug-likeness (QED) is 0.781. The fraction of sp³-hybridized carbons (Fsp3) is 0.917. The topological polar surface area (TPSA) is 81.2 Å². The van der Waals surface area contributed by atoms with Crippen LogP contribution in [0.3, 0.4) is 0 Å². The number of carboxylic acid groups (broad SMARTS) is 1. The largest absolute Gasteiger partial charge is 0.480 e. The van der Waals surface area contributed by atoms with Crippen molar-refractivity contribution in [3.05, 3.63) is 0 Å². The van der Waals surface area contributed by atoms with Gasteiger partial charge in [-0.2, -0.15) is 17.0 Å². The predicted molar refractivity (Wildman–Crippen MR) is 74.6 cm³/mol. The summed E-state index contributed by atoms with van der Waals surface area (Å²) in [5.41, 5.74) is 0. The number of nitrogens with zero attached hydrogens (tertiary/aromatic N) is 3. The Hall–Kier alpha value is -0.700. The van der Waals surface area contributed by atoms with Crippen molar-refractivity contribution in [1.82, 2.24) is 13.5 Å². The molecule has 0 aliphatic carbocycles. The number of aliphatic carboxylic acids is 1. The van der Waals surface area contributed by atoms with Crippen molar-refractivity contribution < 1.29 is 18.3 Å². The average molecular weight is 305 g/mol. The Labute approximate surface area is 120 Å². The van der Waals surface area contributed by atoms with E-state index in [4.69, 9.17) is 0 Å². The summed E-state index contributed by atoms with van der Waals surface area (Å²) in [5, 5.41) is 9.23. The van der Waals surface area contributed by atoms with Crippen LogP contribution in [0.1, 0.15) is 26.2 Å². The molecule has 2 heterocycles. The normalized spacial score (nSPS) is 31.3. The molecule has 0 bridgehead atoms. The first kappa shape index (κ1) is 15.7. The van der Waals surface area contributed by atoms with E-state index in [1.54, 1.807) is 0 Å². The van der Waals surface area contributed by atoms with E-state index in [2.05, 4.69) is 4.90 Å². The number of rotatable bonds is 3. The Morgan fingerprint density at radius 2 is 1.90 bits per heavy atom. The molecule has 2 fully saturated rings. The molecule has 2 unspecified atom stereocenters. The number of carbonyl (C=O) groups is 1. The smallest absolute Gasteiger partial charge is 0.322 e. The van der Waals surface area contributed by atoms with Crippen LogP contribution in [0.5, 0.6) is 0 Å². The minimum absolute atomic E-state index is 0.145. The van der Waals surface area contributed by atoms with Gasteiger partial charge in [-0.15, -0.1) is 0 Å². The molecule has 1 N–H and O–H groups in total. The fourth-order valence-electron chi connectivity index (χ4n) is 2.80. The molecule has 0 aromatic heterocycles. The lowest BCUT2D eigenvalue weighted by atomic mass is 10.1. The fourth-order valence-corrected chi connectivity index (χ4v) is 4.69. The summed E-state index contributed by atoms with van der Waals surface area (Å²) < 4.78 is 28.0. The molecule has 8 heteroatoms. The zero-order valence-electron chi connectivity index (χ0n) is 12.0. The summed E-state index contributed by atoms with van der Waals surface area (Å²) in [6.07, 6.45) is 1.90. The maximum Gasteiger partial charge on any atom is 0.322 e. The minimum Gasteiger partial charge on any atom is -0.480 e. The summed E-state index contributed by atoms with van der Waals surface area (Å²) in [5.74, 6) is -1.05. The van der Waals surface area contributed by atoms with Gasteiger partial charge < -0.3 is 10.0 Å². The minimum atomic E-state index is -3.68. The molecule has 2 aliphatic rings.